The van der Waals surface area contributed by atoms with Crippen LogP contribution in [0.3, 0.4) is 0 Å². The Labute approximate surface area is 279 Å². The molecule has 0 unspecified atom stereocenters. The third-order valence-electron chi connectivity index (χ3n) is 7.54. The summed E-state index contributed by atoms with van der Waals surface area (Å²) in [6.45, 7) is 5.36. The maximum atomic E-state index is 14.5. The highest BCUT2D eigenvalue weighted by molar-refractivity contribution is 9.10. The van der Waals surface area contributed by atoms with E-state index in [-0.39, 0.29) is 29.8 Å². The maximum Gasteiger partial charge on any atom is 0.264 e. The number of amides is 2. The first kappa shape index (κ1) is 34.2. The Balaban J connectivity index is 1.80. The number of halogens is 2. The van der Waals surface area contributed by atoms with Crippen molar-refractivity contribution in [2.75, 3.05) is 10.8 Å². The zero-order valence-electron chi connectivity index (χ0n) is 25.5. The highest BCUT2D eigenvalue weighted by atomic mass is 79.9. The molecule has 45 heavy (non-hydrogen) atoms. The fourth-order valence-corrected chi connectivity index (χ4v) is 6.56. The number of hydrogen-bond donors (Lipinski definition) is 1. The SMILES string of the molecule is CC[C@H](C)NC(=O)[C@H](Cc1ccccc1)N(Cc1ccc(Br)cc1)C(=O)CN(c1ccc(C)cc1)S(=O)(=O)c1ccc(Cl)cc1. The van der Waals surface area contributed by atoms with Crippen LogP contribution in [0.5, 0.6) is 0 Å². The van der Waals surface area contributed by atoms with Gasteiger partial charge in [-0.1, -0.05) is 94.6 Å². The van der Waals surface area contributed by atoms with Crippen LogP contribution in [0.2, 0.25) is 5.02 Å². The van der Waals surface area contributed by atoms with Crippen LogP contribution in [0.1, 0.15) is 37.0 Å². The van der Waals surface area contributed by atoms with E-state index in [9.17, 15) is 18.0 Å². The van der Waals surface area contributed by atoms with E-state index in [1.807, 2.05) is 75.4 Å². The Morgan fingerprint density at radius 1 is 0.867 bits per heavy atom. The van der Waals surface area contributed by atoms with Crippen molar-refractivity contribution in [2.45, 2.75) is 57.1 Å². The molecular weight excluding hydrogens is 674 g/mol. The van der Waals surface area contributed by atoms with E-state index in [4.69, 9.17) is 11.6 Å². The van der Waals surface area contributed by atoms with E-state index in [0.717, 1.165) is 25.5 Å². The summed E-state index contributed by atoms with van der Waals surface area (Å²) in [5.41, 5.74) is 2.94. The number of sulfonamides is 1. The molecule has 10 heteroatoms. The van der Waals surface area contributed by atoms with Gasteiger partial charge in [0.2, 0.25) is 11.8 Å². The van der Waals surface area contributed by atoms with E-state index in [1.165, 1.54) is 29.2 Å². The molecule has 236 valence electrons. The molecule has 0 radical (unpaired) electrons. The summed E-state index contributed by atoms with van der Waals surface area (Å²) in [5, 5.41) is 3.44. The summed E-state index contributed by atoms with van der Waals surface area (Å²) in [6, 6.07) is 28.7. The van der Waals surface area contributed by atoms with Gasteiger partial charge in [0.05, 0.1) is 10.6 Å². The average molecular weight is 711 g/mol. The largest absolute Gasteiger partial charge is 0.352 e. The summed E-state index contributed by atoms with van der Waals surface area (Å²) in [7, 11) is -4.20. The van der Waals surface area contributed by atoms with Crippen molar-refractivity contribution >= 4 is 55.1 Å². The van der Waals surface area contributed by atoms with Gasteiger partial charge in [-0.15, -0.1) is 0 Å². The van der Waals surface area contributed by atoms with Crippen LogP contribution in [0, 0.1) is 6.92 Å². The molecular formula is C35H37BrClN3O4S. The summed E-state index contributed by atoms with van der Waals surface area (Å²) in [4.78, 5) is 29.9. The Kier molecular flexibility index (Phi) is 11.8. The molecule has 0 heterocycles. The van der Waals surface area contributed by atoms with Crippen molar-refractivity contribution in [1.82, 2.24) is 10.2 Å². The molecule has 0 saturated heterocycles. The van der Waals surface area contributed by atoms with Gasteiger partial charge in [0.1, 0.15) is 12.6 Å². The minimum Gasteiger partial charge on any atom is -0.352 e. The predicted molar refractivity (Wildman–Crippen MR) is 184 cm³/mol. The van der Waals surface area contributed by atoms with Crippen molar-refractivity contribution < 1.29 is 18.0 Å². The summed E-state index contributed by atoms with van der Waals surface area (Å²) in [6.07, 6.45) is 0.963. The van der Waals surface area contributed by atoms with Crippen molar-refractivity contribution in [3.8, 4) is 0 Å². The van der Waals surface area contributed by atoms with Crippen LogP contribution in [0.4, 0.5) is 5.69 Å². The average Bonchev–Trinajstić information content (AvgIpc) is 3.03. The molecule has 2 amide bonds. The van der Waals surface area contributed by atoms with E-state index < -0.39 is 28.5 Å². The first-order valence-corrected chi connectivity index (χ1v) is 17.3. The predicted octanol–water partition coefficient (Wildman–Crippen LogP) is 7.16. The fourth-order valence-electron chi connectivity index (χ4n) is 4.76. The molecule has 0 spiro atoms. The lowest BCUT2D eigenvalue weighted by atomic mass is 10.0. The second kappa shape index (κ2) is 15.6. The third kappa shape index (κ3) is 9.19. The van der Waals surface area contributed by atoms with Gasteiger partial charge in [0, 0.05) is 28.5 Å². The van der Waals surface area contributed by atoms with Crippen molar-refractivity contribution in [3.63, 3.8) is 0 Å². The molecule has 1 N–H and O–H groups in total. The van der Waals surface area contributed by atoms with E-state index >= 15 is 0 Å². The Bertz CT molecular complexity index is 1680. The number of nitrogens with one attached hydrogen (secondary N) is 1. The summed E-state index contributed by atoms with van der Waals surface area (Å²) < 4.78 is 30.1. The number of hydrogen-bond acceptors (Lipinski definition) is 4. The number of rotatable bonds is 13. The van der Waals surface area contributed by atoms with Gasteiger partial charge >= 0.3 is 0 Å². The Morgan fingerprint density at radius 2 is 1.49 bits per heavy atom. The van der Waals surface area contributed by atoms with E-state index in [0.29, 0.717) is 17.1 Å². The lowest BCUT2D eigenvalue weighted by molar-refractivity contribution is -0.140. The molecule has 0 aromatic heterocycles. The minimum atomic E-state index is -4.20. The molecule has 0 aliphatic rings. The normalized spacial score (nSPS) is 12.6. The molecule has 4 aromatic rings. The highest BCUT2D eigenvalue weighted by Crippen LogP contribution is 2.26. The van der Waals surface area contributed by atoms with Gasteiger partial charge in [-0.25, -0.2) is 8.42 Å². The van der Waals surface area contributed by atoms with Gasteiger partial charge in [-0.2, -0.15) is 0 Å². The Hall–Kier alpha value is -3.66. The molecule has 0 aliphatic carbocycles. The van der Waals surface area contributed by atoms with Crippen LogP contribution in [0.15, 0.2) is 112 Å². The molecule has 7 nitrogen and oxygen atoms in total. The quantitative estimate of drug-likeness (QED) is 0.160. The standard InChI is InChI=1S/C35H37BrClN3O4S/c1-4-26(3)38-35(42)33(22-27-8-6-5-7-9-27)39(23-28-12-14-29(36)15-13-28)34(41)24-40(31-18-10-25(2)11-19-31)45(43,44)32-20-16-30(37)17-21-32/h5-21,26,33H,4,22-24H2,1-3H3,(H,38,42)/t26-,33-/m0/s1. The number of aryl methyl sites for hydroxylation is 1. The molecule has 2 atom stereocenters. The monoisotopic (exact) mass is 709 g/mol. The first-order chi connectivity index (χ1) is 21.5. The second-order valence-electron chi connectivity index (χ2n) is 11.0. The smallest absolute Gasteiger partial charge is 0.264 e. The molecule has 4 rings (SSSR count). The summed E-state index contributed by atoms with van der Waals surface area (Å²) in [5.74, 6) is -0.822. The van der Waals surface area contributed by atoms with Gasteiger partial charge in [0.15, 0.2) is 0 Å². The number of carbonyl (C=O) groups is 2. The summed E-state index contributed by atoms with van der Waals surface area (Å²) >= 11 is 9.51. The van der Waals surface area contributed by atoms with Crippen molar-refractivity contribution in [2.24, 2.45) is 0 Å². The number of carbonyl (C=O) groups excluding carboxylic acids is 2. The highest BCUT2D eigenvalue weighted by Gasteiger charge is 2.35. The topological polar surface area (TPSA) is 86.8 Å². The van der Waals surface area contributed by atoms with Gasteiger partial charge < -0.3 is 10.2 Å². The molecule has 0 bridgehead atoms. The zero-order chi connectivity index (χ0) is 32.6. The third-order valence-corrected chi connectivity index (χ3v) is 10.1. The lowest BCUT2D eigenvalue weighted by Crippen LogP contribution is -2.54. The maximum absolute atomic E-state index is 14.5. The van der Waals surface area contributed by atoms with E-state index in [1.54, 1.807) is 24.3 Å². The van der Waals surface area contributed by atoms with Crippen LogP contribution in [-0.2, 0) is 32.6 Å². The molecule has 0 aliphatic heterocycles. The minimum absolute atomic E-state index is 0.00455. The molecule has 0 saturated carbocycles. The second-order valence-corrected chi connectivity index (χ2v) is 14.2. The van der Waals surface area contributed by atoms with Crippen LogP contribution < -0.4 is 9.62 Å². The molecule has 0 fully saturated rings. The van der Waals surface area contributed by atoms with Crippen LogP contribution in [0.25, 0.3) is 0 Å². The van der Waals surface area contributed by atoms with Gasteiger partial charge in [-0.05, 0) is 79.9 Å². The van der Waals surface area contributed by atoms with Crippen molar-refractivity contribution in [1.29, 1.82) is 0 Å². The molecule has 4 aromatic carbocycles. The zero-order valence-corrected chi connectivity index (χ0v) is 28.6. The van der Waals surface area contributed by atoms with Crippen molar-refractivity contribution in [3.05, 3.63) is 129 Å². The van der Waals surface area contributed by atoms with Gasteiger partial charge in [0.25, 0.3) is 10.0 Å². The lowest BCUT2D eigenvalue weighted by Gasteiger charge is -2.34. The number of anilines is 1. The Morgan fingerprint density at radius 3 is 2.09 bits per heavy atom. The van der Waals surface area contributed by atoms with E-state index in [2.05, 4.69) is 21.2 Å². The fraction of sp³-hybridized carbons (Fsp3) is 0.257. The van der Waals surface area contributed by atoms with Gasteiger partial charge in [-0.3, -0.25) is 13.9 Å². The first-order valence-electron chi connectivity index (χ1n) is 14.7. The van der Waals surface area contributed by atoms with Crippen LogP contribution >= 0.6 is 27.5 Å². The number of nitrogens with zero attached hydrogens (tertiary/aromatic N) is 2. The number of benzene rings is 4. The van der Waals surface area contributed by atoms with Crippen LogP contribution in [-0.4, -0.2) is 43.8 Å².